The van der Waals surface area contributed by atoms with E-state index < -0.39 is 0 Å². The third-order valence-electron chi connectivity index (χ3n) is 2.84. The van der Waals surface area contributed by atoms with Crippen molar-refractivity contribution < 1.29 is 0 Å². The van der Waals surface area contributed by atoms with Gasteiger partial charge in [0.2, 0.25) is 11.9 Å². The molecule has 1 aromatic heterocycles. The van der Waals surface area contributed by atoms with Crippen molar-refractivity contribution in [2.45, 2.75) is 18.4 Å². The van der Waals surface area contributed by atoms with Gasteiger partial charge in [-0.3, -0.25) is 0 Å². The Morgan fingerprint density at radius 3 is 2.81 bits per heavy atom. The molecule has 2 aromatic rings. The Morgan fingerprint density at radius 2 is 2.12 bits per heavy atom. The van der Waals surface area contributed by atoms with Crippen LogP contribution in [-0.4, -0.2) is 21.2 Å². The SMILES string of the molecule is Nc1nc(NC2CC2c2ccccc2)n[nH]1. The lowest BCUT2D eigenvalue weighted by Crippen LogP contribution is -2.05. The molecule has 0 spiro atoms. The molecule has 82 valence electrons. The standard InChI is InChI=1S/C11H13N5/c12-10-14-11(16-15-10)13-9-6-8(9)7-4-2-1-3-5-7/h1-5,8-9H,6H2,(H4,12,13,14,15,16). The van der Waals surface area contributed by atoms with Crippen molar-refractivity contribution in [3.05, 3.63) is 35.9 Å². The van der Waals surface area contributed by atoms with Gasteiger partial charge in [-0.05, 0) is 12.0 Å². The number of rotatable bonds is 3. The van der Waals surface area contributed by atoms with Crippen LogP contribution in [0.1, 0.15) is 17.9 Å². The fourth-order valence-electron chi connectivity index (χ4n) is 1.93. The van der Waals surface area contributed by atoms with E-state index in [-0.39, 0.29) is 0 Å². The minimum Gasteiger partial charge on any atom is -0.368 e. The molecule has 0 saturated heterocycles. The maximum atomic E-state index is 5.45. The zero-order valence-corrected chi connectivity index (χ0v) is 8.72. The summed E-state index contributed by atoms with van der Waals surface area (Å²) in [5.74, 6) is 1.50. The van der Waals surface area contributed by atoms with Crippen LogP contribution in [0.5, 0.6) is 0 Å². The first-order valence-electron chi connectivity index (χ1n) is 5.32. The van der Waals surface area contributed by atoms with Gasteiger partial charge in [-0.15, -0.1) is 5.10 Å². The van der Waals surface area contributed by atoms with E-state index in [1.54, 1.807) is 0 Å². The van der Waals surface area contributed by atoms with Gasteiger partial charge in [-0.2, -0.15) is 4.98 Å². The summed E-state index contributed by atoms with van der Waals surface area (Å²) in [4.78, 5) is 4.02. The molecule has 1 fully saturated rings. The summed E-state index contributed by atoms with van der Waals surface area (Å²) in [5, 5.41) is 9.81. The summed E-state index contributed by atoms with van der Waals surface area (Å²) in [6, 6.07) is 10.9. The Labute approximate surface area is 93.1 Å². The highest BCUT2D eigenvalue weighted by molar-refractivity contribution is 5.38. The number of hydrogen-bond donors (Lipinski definition) is 3. The maximum absolute atomic E-state index is 5.45. The number of H-pyrrole nitrogens is 1. The molecule has 1 saturated carbocycles. The van der Waals surface area contributed by atoms with E-state index in [4.69, 9.17) is 5.73 Å². The molecule has 0 radical (unpaired) electrons. The second-order valence-electron chi connectivity index (χ2n) is 4.05. The first kappa shape index (κ1) is 9.21. The molecule has 5 nitrogen and oxygen atoms in total. The first-order chi connectivity index (χ1) is 7.83. The van der Waals surface area contributed by atoms with Gasteiger partial charge in [0.1, 0.15) is 0 Å². The summed E-state index contributed by atoms with van der Waals surface area (Å²) >= 11 is 0. The van der Waals surface area contributed by atoms with Crippen molar-refractivity contribution in [2.24, 2.45) is 0 Å². The van der Waals surface area contributed by atoms with Gasteiger partial charge in [0.25, 0.3) is 0 Å². The smallest absolute Gasteiger partial charge is 0.243 e. The zero-order chi connectivity index (χ0) is 11.0. The molecule has 1 aromatic carbocycles. The lowest BCUT2D eigenvalue weighted by molar-refractivity contribution is 1.00. The number of hydrogen-bond acceptors (Lipinski definition) is 4. The summed E-state index contributed by atoms with van der Waals surface area (Å²) in [6.07, 6.45) is 1.12. The van der Waals surface area contributed by atoms with Crippen LogP contribution in [0, 0.1) is 0 Å². The molecule has 0 aliphatic heterocycles. The number of nitrogen functional groups attached to an aromatic ring is 1. The van der Waals surface area contributed by atoms with Crippen molar-refractivity contribution in [1.29, 1.82) is 0 Å². The van der Waals surface area contributed by atoms with Gasteiger partial charge in [-0.25, -0.2) is 5.10 Å². The van der Waals surface area contributed by atoms with E-state index in [2.05, 4.69) is 44.8 Å². The Kier molecular flexibility index (Phi) is 2.02. The largest absolute Gasteiger partial charge is 0.368 e. The predicted octanol–water partition coefficient (Wildman–Crippen LogP) is 1.35. The van der Waals surface area contributed by atoms with E-state index in [0.29, 0.717) is 23.9 Å². The van der Waals surface area contributed by atoms with Crippen LogP contribution in [-0.2, 0) is 0 Å². The molecule has 0 amide bonds. The number of nitrogens with one attached hydrogen (secondary N) is 2. The Hall–Kier alpha value is -2.04. The van der Waals surface area contributed by atoms with Gasteiger partial charge < -0.3 is 11.1 Å². The van der Waals surface area contributed by atoms with E-state index in [1.165, 1.54) is 5.56 Å². The van der Waals surface area contributed by atoms with Crippen LogP contribution in [0.4, 0.5) is 11.9 Å². The third kappa shape index (κ3) is 1.71. The van der Waals surface area contributed by atoms with Crippen LogP contribution < -0.4 is 11.1 Å². The third-order valence-corrected chi connectivity index (χ3v) is 2.84. The van der Waals surface area contributed by atoms with Crippen LogP contribution in [0.2, 0.25) is 0 Å². The average molecular weight is 215 g/mol. The van der Waals surface area contributed by atoms with Crippen LogP contribution in [0.15, 0.2) is 30.3 Å². The van der Waals surface area contributed by atoms with E-state index in [0.717, 1.165) is 6.42 Å². The van der Waals surface area contributed by atoms with Crippen molar-refractivity contribution >= 4 is 11.9 Å². The quantitative estimate of drug-likeness (QED) is 0.722. The summed E-state index contributed by atoms with van der Waals surface area (Å²) in [5.41, 5.74) is 6.82. The van der Waals surface area contributed by atoms with Gasteiger partial charge in [-0.1, -0.05) is 30.3 Å². The van der Waals surface area contributed by atoms with Crippen molar-refractivity contribution in [2.75, 3.05) is 11.1 Å². The number of nitrogens with zero attached hydrogens (tertiary/aromatic N) is 2. The number of nitrogens with two attached hydrogens (primary N) is 1. The van der Waals surface area contributed by atoms with E-state index >= 15 is 0 Å². The number of aromatic amines is 1. The van der Waals surface area contributed by atoms with Gasteiger partial charge in [0.05, 0.1) is 0 Å². The molecule has 16 heavy (non-hydrogen) atoms. The van der Waals surface area contributed by atoms with Crippen molar-refractivity contribution in [1.82, 2.24) is 15.2 Å². The lowest BCUT2D eigenvalue weighted by Gasteiger charge is -2.00. The number of aromatic nitrogens is 3. The molecule has 1 heterocycles. The van der Waals surface area contributed by atoms with Crippen LogP contribution >= 0.6 is 0 Å². The number of benzene rings is 1. The first-order valence-corrected chi connectivity index (χ1v) is 5.32. The summed E-state index contributed by atoms with van der Waals surface area (Å²) in [6.45, 7) is 0. The number of anilines is 2. The Morgan fingerprint density at radius 1 is 1.31 bits per heavy atom. The fourth-order valence-corrected chi connectivity index (χ4v) is 1.93. The molecule has 0 bridgehead atoms. The monoisotopic (exact) mass is 215 g/mol. The molecule has 1 aliphatic carbocycles. The molecule has 2 atom stereocenters. The van der Waals surface area contributed by atoms with Crippen molar-refractivity contribution in [3.63, 3.8) is 0 Å². The predicted molar refractivity (Wildman–Crippen MR) is 62.0 cm³/mol. The highest BCUT2D eigenvalue weighted by atomic mass is 15.3. The molecule has 5 heteroatoms. The second kappa shape index (κ2) is 3.52. The van der Waals surface area contributed by atoms with E-state index in [9.17, 15) is 0 Å². The molecule has 2 unspecified atom stereocenters. The topological polar surface area (TPSA) is 79.6 Å². The molecular formula is C11H13N5. The van der Waals surface area contributed by atoms with Gasteiger partial charge in [0, 0.05) is 12.0 Å². The van der Waals surface area contributed by atoms with Crippen molar-refractivity contribution in [3.8, 4) is 0 Å². The van der Waals surface area contributed by atoms with Gasteiger partial charge in [0.15, 0.2) is 0 Å². The average Bonchev–Trinajstić information content (AvgIpc) is 2.95. The summed E-state index contributed by atoms with van der Waals surface area (Å²) < 4.78 is 0. The summed E-state index contributed by atoms with van der Waals surface area (Å²) in [7, 11) is 0. The Bertz CT molecular complexity index is 478. The minimum atomic E-state index is 0.347. The maximum Gasteiger partial charge on any atom is 0.243 e. The Balaban J connectivity index is 1.65. The molecule has 3 rings (SSSR count). The minimum absolute atomic E-state index is 0.347. The molecular weight excluding hydrogens is 202 g/mol. The lowest BCUT2D eigenvalue weighted by atomic mass is 10.1. The molecule has 1 aliphatic rings. The van der Waals surface area contributed by atoms with E-state index in [1.807, 2.05) is 6.07 Å². The highest BCUT2D eigenvalue weighted by Gasteiger charge is 2.38. The second-order valence-corrected chi connectivity index (χ2v) is 4.05. The fraction of sp³-hybridized carbons (Fsp3) is 0.273. The van der Waals surface area contributed by atoms with Crippen LogP contribution in [0.3, 0.4) is 0 Å². The highest BCUT2D eigenvalue weighted by Crippen LogP contribution is 2.42. The normalized spacial score (nSPS) is 23.0. The zero-order valence-electron chi connectivity index (χ0n) is 8.72. The van der Waals surface area contributed by atoms with Crippen LogP contribution in [0.25, 0.3) is 0 Å². The van der Waals surface area contributed by atoms with Gasteiger partial charge >= 0.3 is 0 Å². The molecule has 4 N–H and O–H groups in total.